The fourth-order valence-electron chi connectivity index (χ4n) is 4.26. The predicted octanol–water partition coefficient (Wildman–Crippen LogP) is 5.12. The van der Waals surface area contributed by atoms with E-state index in [9.17, 15) is 4.39 Å². The van der Waals surface area contributed by atoms with Crippen LogP contribution in [0.15, 0.2) is 66.2 Å². The molecule has 2 bridgehead atoms. The molecule has 0 radical (unpaired) electrons. The van der Waals surface area contributed by atoms with Gasteiger partial charge in [-0.05, 0) is 42.9 Å². The highest BCUT2D eigenvalue weighted by Gasteiger charge is 2.33. The minimum Gasteiger partial charge on any atom is -0.289 e. The normalized spacial score (nSPS) is 23.8. The van der Waals surface area contributed by atoms with Crippen molar-refractivity contribution in [2.24, 2.45) is 0 Å². The van der Waals surface area contributed by atoms with Crippen molar-refractivity contribution in [3.8, 4) is 0 Å². The Labute approximate surface area is 143 Å². The van der Waals surface area contributed by atoms with Gasteiger partial charge in [0.2, 0.25) is 0 Å². The molecule has 2 aromatic rings. The summed E-state index contributed by atoms with van der Waals surface area (Å²) in [7, 11) is 0. The molecule has 2 aliphatic heterocycles. The summed E-state index contributed by atoms with van der Waals surface area (Å²) in [5, 5.41) is 0. The highest BCUT2D eigenvalue weighted by molar-refractivity contribution is 5.27. The molecule has 0 spiro atoms. The maximum Gasteiger partial charge on any atom is 0.126 e. The molecule has 1 nitrogen and oxygen atoms in total. The Hall–Kier alpha value is -1.93. The number of piperidine rings is 1. The lowest BCUT2D eigenvalue weighted by Crippen LogP contribution is -2.48. The van der Waals surface area contributed by atoms with Crippen molar-refractivity contribution in [1.82, 2.24) is 4.90 Å². The van der Waals surface area contributed by atoms with Gasteiger partial charge in [-0.2, -0.15) is 0 Å². The number of hydrogen-bond donors (Lipinski definition) is 0. The van der Waals surface area contributed by atoms with Crippen LogP contribution in [0.5, 0.6) is 0 Å². The molecular weight excluding hydrogens is 297 g/mol. The number of hydrogen-bond acceptors (Lipinski definition) is 1. The molecule has 2 heterocycles. The third kappa shape index (κ3) is 3.29. The first-order valence-electron chi connectivity index (χ1n) is 9.02. The molecule has 2 aliphatic rings. The van der Waals surface area contributed by atoms with E-state index in [0.29, 0.717) is 12.1 Å². The fraction of sp³-hybridized carbons (Fsp3) is 0.364. The van der Waals surface area contributed by atoms with Crippen LogP contribution in [0.2, 0.25) is 0 Å². The largest absolute Gasteiger partial charge is 0.289 e. The van der Waals surface area contributed by atoms with Crippen molar-refractivity contribution in [1.29, 1.82) is 0 Å². The van der Waals surface area contributed by atoms with Crippen molar-refractivity contribution in [3.63, 3.8) is 0 Å². The average molecular weight is 321 g/mol. The van der Waals surface area contributed by atoms with Crippen LogP contribution in [-0.2, 0) is 13.0 Å². The lowest BCUT2D eigenvalue weighted by Gasteiger charge is -2.45. The molecular formula is C22H24FN. The zero-order chi connectivity index (χ0) is 16.4. The number of nitrogens with zero attached hydrogens (tertiary/aromatic N) is 1. The van der Waals surface area contributed by atoms with Gasteiger partial charge in [-0.3, -0.25) is 4.90 Å². The minimum atomic E-state index is -0.0738. The number of halogens is 1. The van der Waals surface area contributed by atoms with E-state index in [2.05, 4.69) is 41.3 Å². The second-order valence-electron chi connectivity index (χ2n) is 7.11. The second-order valence-corrected chi connectivity index (χ2v) is 7.11. The number of fused-ring (bicyclic) bond motifs is 2. The van der Waals surface area contributed by atoms with E-state index in [1.165, 1.54) is 30.4 Å². The number of benzene rings is 2. The van der Waals surface area contributed by atoms with Crippen LogP contribution in [0.1, 0.15) is 36.8 Å². The Morgan fingerprint density at radius 3 is 2.54 bits per heavy atom. The van der Waals surface area contributed by atoms with Gasteiger partial charge in [0, 0.05) is 18.6 Å². The summed E-state index contributed by atoms with van der Waals surface area (Å²) < 4.78 is 14.0. The topological polar surface area (TPSA) is 3.24 Å². The predicted molar refractivity (Wildman–Crippen MR) is 96.2 cm³/mol. The van der Waals surface area contributed by atoms with Gasteiger partial charge in [-0.25, -0.2) is 4.39 Å². The van der Waals surface area contributed by atoms with Crippen molar-refractivity contribution in [2.45, 2.75) is 50.7 Å². The molecule has 1 fully saturated rings. The average Bonchev–Trinajstić information content (AvgIpc) is 2.58. The summed E-state index contributed by atoms with van der Waals surface area (Å²) in [6, 6.07) is 19.1. The van der Waals surface area contributed by atoms with E-state index in [-0.39, 0.29) is 5.82 Å². The Morgan fingerprint density at radius 1 is 0.958 bits per heavy atom. The summed E-state index contributed by atoms with van der Waals surface area (Å²) in [6.07, 6.45) is 8.06. The van der Waals surface area contributed by atoms with Crippen LogP contribution in [0, 0.1) is 5.82 Å². The standard InChI is InChI=1S/C22H24FN/c23-22-12-5-4-9-19(22)13-18-14-20-10-6-11-21(15-18)24(20)16-17-7-2-1-3-8-17/h1-5,7-9,12,14,20-21H,6,10-11,13,15-16H2. The van der Waals surface area contributed by atoms with E-state index in [1.54, 1.807) is 12.1 Å². The Bertz CT molecular complexity index is 722. The number of rotatable bonds is 4. The van der Waals surface area contributed by atoms with Crippen molar-refractivity contribution in [3.05, 3.63) is 83.2 Å². The Balaban J connectivity index is 1.53. The summed E-state index contributed by atoms with van der Waals surface area (Å²) in [5.74, 6) is -0.0738. The smallest absolute Gasteiger partial charge is 0.126 e. The molecule has 1 saturated heterocycles. The van der Waals surface area contributed by atoms with E-state index >= 15 is 0 Å². The second kappa shape index (κ2) is 6.90. The summed E-state index contributed by atoms with van der Waals surface area (Å²) >= 11 is 0. The molecule has 0 saturated carbocycles. The molecule has 24 heavy (non-hydrogen) atoms. The van der Waals surface area contributed by atoms with Gasteiger partial charge >= 0.3 is 0 Å². The van der Waals surface area contributed by atoms with Gasteiger partial charge in [0.05, 0.1) is 0 Å². The zero-order valence-electron chi connectivity index (χ0n) is 14.0. The molecule has 124 valence electrons. The molecule has 0 aliphatic carbocycles. The van der Waals surface area contributed by atoms with Gasteiger partial charge in [-0.15, -0.1) is 0 Å². The van der Waals surface area contributed by atoms with Gasteiger partial charge in [0.1, 0.15) is 5.82 Å². The molecule has 0 N–H and O–H groups in total. The van der Waals surface area contributed by atoms with E-state index in [4.69, 9.17) is 0 Å². The van der Waals surface area contributed by atoms with Crippen molar-refractivity contribution in [2.75, 3.05) is 0 Å². The molecule has 0 aromatic heterocycles. The van der Waals surface area contributed by atoms with Crippen LogP contribution >= 0.6 is 0 Å². The van der Waals surface area contributed by atoms with Crippen molar-refractivity contribution < 1.29 is 4.39 Å². The highest BCUT2D eigenvalue weighted by Crippen LogP contribution is 2.35. The van der Waals surface area contributed by atoms with Gasteiger partial charge in [-0.1, -0.05) is 66.6 Å². The van der Waals surface area contributed by atoms with E-state index in [1.807, 2.05) is 12.1 Å². The van der Waals surface area contributed by atoms with Crippen LogP contribution < -0.4 is 0 Å². The molecule has 2 heteroatoms. The summed E-state index contributed by atoms with van der Waals surface area (Å²) in [4.78, 5) is 2.66. The van der Waals surface area contributed by atoms with Crippen LogP contribution in [-0.4, -0.2) is 17.0 Å². The Morgan fingerprint density at radius 2 is 1.75 bits per heavy atom. The zero-order valence-corrected chi connectivity index (χ0v) is 14.0. The maximum absolute atomic E-state index is 14.0. The quantitative estimate of drug-likeness (QED) is 0.706. The lowest BCUT2D eigenvalue weighted by molar-refractivity contribution is 0.0880. The first-order valence-corrected chi connectivity index (χ1v) is 9.02. The summed E-state index contributed by atoms with van der Waals surface area (Å²) in [5.41, 5.74) is 3.64. The maximum atomic E-state index is 14.0. The molecule has 4 rings (SSSR count). The van der Waals surface area contributed by atoms with E-state index < -0.39 is 0 Å². The highest BCUT2D eigenvalue weighted by atomic mass is 19.1. The third-order valence-electron chi connectivity index (χ3n) is 5.44. The monoisotopic (exact) mass is 321 g/mol. The minimum absolute atomic E-state index is 0.0738. The van der Waals surface area contributed by atoms with Crippen LogP contribution in [0.3, 0.4) is 0 Å². The SMILES string of the molecule is Fc1ccccc1CC1=CC2CCCC(C1)N2Cc1ccccc1. The summed E-state index contributed by atoms with van der Waals surface area (Å²) in [6.45, 7) is 1.03. The lowest BCUT2D eigenvalue weighted by atomic mass is 9.83. The van der Waals surface area contributed by atoms with Crippen molar-refractivity contribution >= 4 is 0 Å². The third-order valence-corrected chi connectivity index (χ3v) is 5.44. The van der Waals surface area contributed by atoms with E-state index in [0.717, 1.165) is 24.9 Å². The molecule has 2 atom stereocenters. The first kappa shape index (κ1) is 15.6. The Kier molecular flexibility index (Phi) is 4.48. The van der Waals surface area contributed by atoms with Gasteiger partial charge < -0.3 is 0 Å². The van der Waals surface area contributed by atoms with Gasteiger partial charge in [0.15, 0.2) is 0 Å². The van der Waals surface area contributed by atoms with Crippen LogP contribution in [0.25, 0.3) is 0 Å². The first-order chi connectivity index (χ1) is 11.8. The fourth-order valence-corrected chi connectivity index (χ4v) is 4.26. The van der Waals surface area contributed by atoms with Crippen LogP contribution in [0.4, 0.5) is 4.39 Å². The molecule has 0 amide bonds. The molecule has 2 aromatic carbocycles. The molecule has 2 unspecified atom stereocenters. The van der Waals surface area contributed by atoms with Gasteiger partial charge in [0.25, 0.3) is 0 Å².